The first-order valence-corrected chi connectivity index (χ1v) is 8.58. The number of urea groups is 1. The fraction of sp³-hybridized carbons (Fsp3) is 0.667. The number of amides is 2. The van der Waals surface area contributed by atoms with Gasteiger partial charge in [0.05, 0.1) is 17.8 Å². The summed E-state index contributed by atoms with van der Waals surface area (Å²) in [6, 6.07) is 5.60. The van der Waals surface area contributed by atoms with E-state index in [4.69, 9.17) is 0 Å². The minimum absolute atomic E-state index is 0.0837. The molecule has 1 aromatic rings. The van der Waals surface area contributed by atoms with Crippen LogP contribution in [0, 0.1) is 11.8 Å². The quantitative estimate of drug-likeness (QED) is 0.847. The molecule has 1 saturated carbocycles. The highest BCUT2D eigenvalue weighted by Crippen LogP contribution is 2.26. The van der Waals surface area contributed by atoms with Gasteiger partial charge in [-0.05, 0) is 37.3 Å². The lowest BCUT2D eigenvalue weighted by molar-refractivity contribution is 0.113. The van der Waals surface area contributed by atoms with E-state index in [2.05, 4.69) is 24.1 Å². The lowest BCUT2D eigenvalue weighted by Gasteiger charge is -2.27. The van der Waals surface area contributed by atoms with Crippen molar-refractivity contribution in [2.24, 2.45) is 11.8 Å². The maximum Gasteiger partial charge on any atom is 0.317 e. The van der Waals surface area contributed by atoms with E-state index in [1.165, 1.54) is 0 Å². The van der Waals surface area contributed by atoms with Crippen molar-refractivity contribution < 1.29 is 9.90 Å². The third-order valence-electron chi connectivity index (χ3n) is 4.52. The first kappa shape index (κ1) is 17.7. The minimum Gasteiger partial charge on any atom is -0.393 e. The van der Waals surface area contributed by atoms with Crippen molar-refractivity contribution in [2.75, 3.05) is 13.6 Å². The third kappa shape index (κ3) is 5.20. The largest absolute Gasteiger partial charge is 0.393 e. The molecule has 1 heterocycles. The molecule has 0 spiro atoms. The molecule has 23 heavy (non-hydrogen) atoms. The summed E-state index contributed by atoms with van der Waals surface area (Å²) in [5.41, 5.74) is 0.892. The number of aliphatic hydroxyl groups excluding tert-OH is 1. The molecular formula is C18H29N3O2. The Labute approximate surface area is 139 Å². The van der Waals surface area contributed by atoms with Gasteiger partial charge in [-0.3, -0.25) is 4.98 Å². The van der Waals surface area contributed by atoms with Gasteiger partial charge in [-0.2, -0.15) is 0 Å². The van der Waals surface area contributed by atoms with E-state index in [9.17, 15) is 9.90 Å². The molecule has 3 atom stereocenters. The molecule has 1 fully saturated rings. The Morgan fingerprint density at radius 3 is 2.78 bits per heavy atom. The summed E-state index contributed by atoms with van der Waals surface area (Å²) < 4.78 is 0. The second-order valence-electron chi connectivity index (χ2n) is 7.03. The highest BCUT2D eigenvalue weighted by molar-refractivity contribution is 5.74. The molecule has 0 radical (unpaired) electrons. The van der Waals surface area contributed by atoms with Crippen LogP contribution in [-0.4, -0.2) is 40.7 Å². The number of hydrogen-bond donors (Lipinski definition) is 2. The Hall–Kier alpha value is -1.62. The maximum absolute atomic E-state index is 12.5. The Balaban J connectivity index is 1.96. The van der Waals surface area contributed by atoms with E-state index < -0.39 is 0 Å². The van der Waals surface area contributed by atoms with E-state index in [-0.39, 0.29) is 24.1 Å². The Bertz CT molecular complexity index is 492. The molecule has 2 N–H and O–H groups in total. The topological polar surface area (TPSA) is 65.5 Å². The average molecular weight is 319 g/mol. The van der Waals surface area contributed by atoms with Crippen LogP contribution in [-0.2, 0) is 0 Å². The van der Waals surface area contributed by atoms with E-state index in [1.54, 1.807) is 18.1 Å². The molecule has 3 unspecified atom stereocenters. The molecule has 0 bridgehead atoms. The van der Waals surface area contributed by atoms with Crippen LogP contribution in [0.2, 0.25) is 0 Å². The smallest absolute Gasteiger partial charge is 0.317 e. The number of carbonyl (C=O) groups is 1. The molecule has 1 aliphatic rings. The van der Waals surface area contributed by atoms with Crippen LogP contribution in [0.15, 0.2) is 24.4 Å². The minimum atomic E-state index is -0.271. The van der Waals surface area contributed by atoms with Gasteiger partial charge >= 0.3 is 6.03 Å². The summed E-state index contributed by atoms with van der Waals surface area (Å²) in [4.78, 5) is 18.6. The Kier molecular flexibility index (Phi) is 6.39. The Morgan fingerprint density at radius 2 is 2.22 bits per heavy atom. The molecular weight excluding hydrogens is 290 g/mol. The number of rotatable bonds is 6. The monoisotopic (exact) mass is 319 g/mol. The van der Waals surface area contributed by atoms with Gasteiger partial charge in [-0.15, -0.1) is 0 Å². The van der Waals surface area contributed by atoms with E-state index in [0.717, 1.165) is 31.4 Å². The van der Waals surface area contributed by atoms with Crippen LogP contribution in [0.5, 0.6) is 0 Å². The van der Waals surface area contributed by atoms with Gasteiger partial charge in [0.25, 0.3) is 0 Å². The molecule has 1 aliphatic carbocycles. The van der Waals surface area contributed by atoms with Gasteiger partial charge in [0.1, 0.15) is 0 Å². The zero-order valence-corrected chi connectivity index (χ0v) is 14.4. The first-order valence-electron chi connectivity index (χ1n) is 8.58. The fourth-order valence-corrected chi connectivity index (χ4v) is 3.23. The van der Waals surface area contributed by atoms with Gasteiger partial charge in [-0.1, -0.05) is 26.3 Å². The number of nitrogens with one attached hydrogen (secondary N) is 1. The molecule has 128 valence electrons. The van der Waals surface area contributed by atoms with Crippen molar-refractivity contribution in [2.45, 2.75) is 51.7 Å². The van der Waals surface area contributed by atoms with Crippen LogP contribution in [0.4, 0.5) is 4.79 Å². The van der Waals surface area contributed by atoms with Crippen LogP contribution < -0.4 is 5.32 Å². The van der Waals surface area contributed by atoms with Crippen LogP contribution in [0.25, 0.3) is 0 Å². The van der Waals surface area contributed by atoms with Crippen LogP contribution in [0.1, 0.15) is 51.3 Å². The van der Waals surface area contributed by atoms with E-state index in [0.29, 0.717) is 12.5 Å². The van der Waals surface area contributed by atoms with E-state index >= 15 is 0 Å². The van der Waals surface area contributed by atoms with Crippen molar-refractivity contribution in [1.29, 1.82) is 0 Å². The number of pyridine rings is 1. The number of aromatic nitrogens is 1. The standard InChI is InChI=1S/C18H29N3O2/c1-13(2)11-16(15-8-4-5-10-19-15)20-18(23)21(3)12-14-7-6-9-17(14)22/h4-5,8,10,13-14,16-17,22H,6-7,9,11-12H2,1-3H3,(H,20,23). The van der Waals surface area contributed by atoms with Gasteiger partial charge in [0.2, 0.25) is 0 Å². The van der Waals surface area contributed by atoms with Crippen molar-refractivity contribution >= 4 is 6.03 Å². The Morgan fingerprint density at radius 1 is 1.43 bits per heavy atom. The zero-order valence-electron chi connectivity index (χ0n) is 14.4. The number of carbonyl (C=O) groups excluding carboxylic acids is 1. The SMILES string of the molecule is CC(C)CC(NC(=O)N(C)CC1CCCC1O)c1ccccn1. The molecule has 2 rings (SSSR count). The predicted molar refractivity (Wildman–Crippen MR) is 90.9 cm³/mol. The summed E-state index contributed by atoms with van der Waals surface area (Å²) in [7, 11) is 1.80. The van der Waals surface area contributed by atoms with Crippen molar-refractivity contribution in [3.63, 3.8) is 0 Å². The molecule has 0 aliphatic heterocycles. The van der Waals surface area contributed by atoms with Gasteiger partial charge in [-0.25, -0.2) is 4.79 Å². The maximum atomic E-state index is 12.5. The van der Waals surface area contributed by atoms with Crippen molar-refractivity contribution in [3.8, 4) is 0 Å². The number of nitrogens with zero attached hydrogens (tertiary/aromatic N) is 2. The molecule has 0 aromatic carbocycles. The molecule has 5 nitrogen and oxygen atoms in total. The summed E-state index contributed by atoms with van der Waals surface area (Å²) >= 11 is 0. The van der Waals surface area contributed by atoms with Crippen molar-refractivity contribution in [3.05, 3.63) is 30.1 Å². The second-order valence-corrected chi connectivity index (χ2v) is 7.03. The van der Waals surface area contributed by atoms with Crippen LogP contribution in [0.3, 0.4) is 0 Å². The van der Waals surface area contributed by atoms with Crippen LogP contribution >= 0.6 is 0 Å². The summed E-state index contributed by atoms with van der Waals surface area (Å²) in [6.07, 6.45) is 5.23. The number of hydrogen-bond acceptors (Lipinski definition) is 3. The zero-order chi connectivity index (χ0) is 16.8. The van der Waals surface area contributed by atoms with Gasteiger partial charge in [0, 0.05) is 25.7 Å². The lowest BCUT2D eigenvalue weighted by Crippen LogP contribution is -2.43. The predicted octanol–water partition coefficient (Wildman–Crippen LogP) is 2.97. The number of aliphatic hydroxyl groups is 1. The van der Waals surface area contributed by atoms with E-state index in [1.807, 2.05) is 18.2 Å². The van der Waals surface area contributed by atoms with Crippen molar-refractivity contribution in [1.82, 2.24) is 15.2 Å². The molecule has 1 aromatic heterocycles. The molecule has 5 heteroatoms. The summed E-state index contributed by atoms with van der Waals surface area (Å²) in [5, 5.41) is 13.0. The van der Waals surface area contributed by atoms with Gasteiger partial charge in [0.15, 0.2) is 0 Å². The normalized spacial score (nSPS) is 22.1. The highest BCUT2D eigenvalue weighted by Gasteiger charge is 2.28. The lowest BCUT2D eigenvalue weighted by atomic mass is 10.0. The molecule has 0 saturated heterocycles. The second kappa shape index (κ2) is 8.29. The summed E-state index contributed by atoms with van der Waals surface area (Å²) in [6.45, 7) is 4.88. The average Bonchev–Trinajstić information content (AvgIpc) is 2.92. The first-order chi connectivity index (χ1) is 11.0. The fourth-order valence-electron chi connectivity index (χ4n) is 3.23. The third-order valence-corrected chi connectivity index (χ3v) is 4.52. The molecule has 2 amide bonds. The highest BCUT2D eigenvalue weighted by atomic mass is 16.3. The van der Waals surface area contributed by atoms with Gasteiger partial charge < -0.3 is 15.3 Å². The summed E-state index contributed by atoms with van der Waals surface area (Å²) in [5.74, 6) is 0.661.